The molecule has 0 aliphatic rings. The first-order chi connectivity index (χ1) is 6.84. The average Bonchev–Trinajstić information content (AvgIpc) is 2.58. The summed E-state index contributed by atoms with van der Waals surface area (Å²) in [4.78, 5) is 0. The summed E-state index contributed by atoms with van der Waals surface area (Å²) in [5.41, 5.74) is 0. The van der Waals surface area contributed by atoms with Crippen molar-refractivity contribution >= 4 is 17.7 Å². The molecular weight excluding hydrogens is 202 g/mol. The molecule has 0 saturated heterocycles. The predicted molar refractivity (Wildman–Crippen MR) is 56.3 cm³/mol. The van der Waals surface area contributed by atoms with Crippen LogP contribution >= 0.6 is 11.8 Å². The number of hydrogen-bond acceptors (Lipinski definition) is 6. The molecule has 6 nitrogen and oxygen atoms in total. The monoisotopic (exact) mass is 217 g/mol. The minimum Gasteiger partial charge on any atom is -0.396 e. The Balaban J connectivity index is 2.02. The molecule has 0 aliphatic heterocycles. The molecule has 0 spiro atoms. The van der Waals surface area contributed by atoms with Gasteiger partial charge in [0, 0.05) is 26.0 Å². The van der Waals surface area contributed by atoms with Crippen LogP contribution in [0.25, 0.3) is 0 Å². The van der Waals surface area contributed by atoms with Crippen molar-refractivity contribution < 1.29 is 5.11 Å². The number of rotatable bonds is 7. The van der Waals surface area contributed by atoms with E-state index in [1.807, 2.05) is 0 Å². The van der Waals surface area contributed by atoms with Crippen LogP contribution < -0.4 is 5.32 Å². The molecule has 80 valence electrons. The number of thioether (sulfide) groups is 1. The Morgan fingerprint density at radius 2 is 2.36 bits per heavy atom. The lowest BCUT2D eigenvalue weighted by Crippen LogP contribution is -2.09. The molecule has 0 amide bonds. The lowest BCUT2D eigenvalue weighted by molar-refractivity contribution is 0.296. The van der Waals surface area contributed by atoms with Gasteiger partial charge in [-0.15, -0.1) is 0 Å². The molecule has 1 aromatic rings. The third kappa shape index (κ3) is 3.93. The number of aliphatic hydroxyl groups is 1. The molecule has 0 atom stereocenters. The van der Waals surface area contributed by atoms with Gasteiger partial charge in [-0.05, 0) is 22.6 Å². The topological polar surface area (TPSA) is 75.9 Å². The lowest BCUT2D eigenvalue weighted by atomic mass is 10.5. The quantitative estimate of drug-likeness (QED) is 0.613. The van der Waals surface area contributed by atoms with Gasteiger partial charge >= 0.3 is 0 Å². The molecule has 0 bridgehead atoms. The van der Waals surface area contributed by atoms with Crippen LogP contribution in [0.15, 0.2) is 0 Å². The fraction of sp³-hybridized carbons (Fsp3) is 0.857. The summed E-state index contributed by atoms with van der Waals surface area (Å²) >= 11 is 1.81. The SMILES string of the molecule is Cn1nnnc1NCCSCCCO. The zero-order valence-corrected chi connectivity index (χ0v) is 9.00. The Bertz CT molecular complexity index is 254. The number of aromatic nitrogens is 4. The number of nitrogens with zero attached hydrogens (tertiary/aromatic N) is 4. The Labute approximate surface area is 87.1 Å². The van der Waals surface area contributed by atoms with Crippen molar-refractivity contribution in [3.63, 3.8) is 0 Å². The summed E-state index contributed by atoms with van der Waals surface area (Å²) in [6.07, 6.45) is 0.857. The van der Waals surface area contributed by atoms with Crippen molar-refractivity contribution in [3.05, 3.63) is 0 Å². The first-order valence-electron chi connectivity index (χ1n) is 4.49. The predicted octanol–water partition coefficient (Wildman–Crippen LogP) is -0.262. The lowest BCUT2D eigenvalue weighted by Gasteiger charge is -2.02. The van der Waals surface area contributed by atoms with E-state index in [0.29, 0.717) is 5.95 Å². The first kappa shape index (κ1) is 11.3. The summed E-state index contributed by atoms with van der Waals surface area (Å²) in [5, 5.41) is 22.7. The number of aliphatic hydroxyl groups excluding tert-OH is 1. The third-order valence-corrected chi connectivity index (χ3v) is 2.67. The minimum atomic E-state index is 0.271. The van der Waals surface area contributed by atoms with Crippen LogP contribution in [0.3, 0.4) is 0 Å². The normalized spacial score (nSPS) is 10.4. The summed E-state index contributed by atoms with van der Waals surface area (Å²) in [5.74, 6) is 2.68. The van der Waals surface area contributed by atoms with E-state index in [0.717, 1.165) is 24.5 Å². The second-order valence-electron chi connectivity index (χ2n) is 2.74. The van der Waals surface area contributed by atoms with E-state index in [4.69, 9.17) is 5.11 Å². The Kier molecular flexibility index (Phi) is 5.31. The molecule has 0 fully saturated rings. The van der Waals surface area contributed by atoms with Gasteiger partial charge in [-0.2, -0.15) is 11.8 Å². The maximum absolute atomic E-state index is 8.55. The summed E-state index contributed by atoms with van der Waals surface area (Å²) in [6, 6.07) is 0. The zero-order valence-electron chi connectivity index (χ0n) is 8.18. The largest absolute Gasteiger partial charge is 0.396 e. The van der Waals surface area contributed by atoms with Crippen molar-refractivity contribution in [3.8, 4) is 0 Å². The number of tetrazole rings is 1. The maximum Gasteiger partial charge on any atom is 0.242 e. The van der Waals surface area contributed by atoms with Gasteiger partial charge in [0.2, 0.25) is 5.95 Å². The van der Waals surface area contributed by atoms with Gasteiger partial charge in [-0.25, -0.2) is 4.68 Å². The second-order valence-corrected chi connectivity index (χ2v) is 3.97. The van der Waals surface area contributed by atoms with Gasteiger partial charge in [0.1, 0.15) is 0 Å². The van der Waals surface area contributed by atoms with Crippen molar-refractivity contribution in [2.45, 2.75) is 6.42 Å². The van der Waals surface area contributed by atoms with Gasteiger partial charge < -0.3 is 10.4 Å². The van der Waals surface area contributed by atoms with E-state index in [-0.39, 0.29) is 6.61 Å². The fourth-order valence-corrected chi connectivity index (χ4v) is 1.67. The highest BCUT2D eigenvalue weighted by molar-refractivity contribution is 7.99. The van der Waals surface area contributed by atoms with Gasteiger partial charge in [-0.1, -0.05) is 5.10 Å². The highest BCUT2D eigenvalue weighted by atomic mass is 32.2. The molecule has 1 rings (SSSR count). The smallest absolute Gasteiger partial charge is 0.242 e. The number of anilines is 1. The fourth-order valence-electron chi connectivity index (χ4n) is 0.883. The second kappa shape index (κ2) is 6.61. The van der Waals surface area contributed by atoms with Crippen LogP contribution in [-0.2, 0) is 7.05 Å². The van der Waals surface area contributed by atoms with E-state index in [1.54, 1.807) is 23.5 Å². The van der Waals surface area contributed by atoms with Crippen molar-refractivity contribution in [1.29, 1.82) is 0 Å². The summed E-state index contributed by atoms with van der Waals surface area (Å²) in [7, 11) is 1.79. The van der Waals surface area contributed by atoms with Crippen LogP contribution in [-0.4, -0.2) is 50.0 Å². The van der Waals surface area contributed by atoms with Gasteiger partial charge in [0.15, 0.2) is 0 Å². The van der Waals surface area contributed by atoms with Crippen molar-refractivity contribution in [2.75, 3.05) is 30.0 Å². The number of nitrogens with one attached hydrogen (secondary N) is 1. The highest BCUT2D eigenvalue weighted by Gasteiger charge is 1.98. The van der Waals surface area contributed by atoms with Crippen LogP contribution in [0, 0.1) is 0 Å². The Morgan fingerprint density at radius 1 is 1.50 bits per heavy atom. The molecule has 0 aromatic carbocycles. The highest BCUT2D eigenvalue weighted by Crippen LogP contribution is 2.02. The molecule has 0 radical (unpaired) electrons. The third-order valence-electron chi connectivity index (χ3n) is 1.60. The summed E-state index contributed by atoms with van der Waals surface area (Å²) < 4.78 is 1.60. The van der Waals surface area contributed by atoms with Crippen molar-refractivity contribution in [2.24, 2.45) is 7.05 Å². The Morgan fingerprint density at radius 3 is 3.00 bits per heavy atom. The number of hydrogen-bond donors (Lipinski definition) is 2. The van der Waals surface area contributed by atoms with Crippen LogP contribution in [0.2, 0.25) is 0 Å². The van der Waals surface area contributed by atoms with E-state index < -0.39 is 0 Å². The molecular formula is C7H15N5OS. The molecule has 1 heterocycles. The van der Waals surface area contributed by atoms with E-state index >= 15 is 0 Å². The Hall–Kier alpha value is -0.820. The van der Waals surface area contributed by atoms with Crippen LogP contribution in [0.1, 0.15) is 6.42 Å². The van der Waals surface area contributed by atoms with Gasteiger partial charge in [-0.3, -0.25) is 0 Å². The molecule has 0 aliphatic carbocycles. The first-order valence-corrected chi connectivity index (χ1v) is 5.65. The summed E-state index contributed by atoms with van der Waals surface area (Å²) in [6.45, 7) is 1.11. The molecule has 0 unspecified atom stereocenters. The van der Waals surface area contributed by atoms with Gasteiger partial charge in [0.25, 0.3) is 0 Å². The van der Waals surface area contributed by atoms with E-state index in [9.17, 15) is 0 Å². The minimum absolute atomic E-state index is 0.271. The van der Waals surface area contributed by atoms with Crippen LogP contribution in [0.5, 0.6) is 0 Å². The van der Waals surface area contributed by atoms with Crippen LogP contribution in [0.4, 0.5) is 5.95 Å². The maximum atomic E-state index is 8.55. The van der Waals surface area contributed by atoms with Gasteiger partial charge in [0.05, 0.1) is 0 Å². The molecule has 2 N–H and O–H groups in total. The number of aryl methyl sites for hydroxylation is 1. The molecule has 0 saturated carbocycles. The average molecular weight is 217 g/mol. The van der Waals surface area contributed by atoms with E-state index in [1.165, 1.54) is 0 Å². The standard InChI is InChI=1S/C7H15N5OS/c1-12-7(9-10-11-12)8-3-6-14-5-2-4-13/h13H,2-6H2,1H3,(H,8,9,11). The molecule has 1 aromatic heterocycles. The zero-order chi connectivity index (χ0) is 10.2. The van der Waals surface area contributed by atoms with E-state index in [2.05, 4.69) is 20.8 Å². The molecule has 7 heteroatoms. The van der Waals surface area contributed by atoms with Crippen molar-refractivity contribution in [1.82, 2.24) is 20.2 Å². The molecule has 14 heavy (non-hydrogen) atoms.